The maximum absolute atomic E-state index is 12.3. The number of carbonyl (C=O) groups excluding carboxylic acids is 1. The van der Waals surface area contributed by atoms with Crippen LogP contribution in [0.2, 0.25) is 0 Å². The average molecular weight is 358 g/mol. The van der Waals surface area contributed by atoms with Gasteiger partial charge < -0.3 is 9.15 Å². The van der Waals surface area contributed by atoms with Crippen LogP contribution in [-0.2, 0) is 0 Å². The second kappa shape index (κ2) is 7.35. The molecule has 0 bridgehead atoms. The topological polar surface area (TPSA) is 63.8 Å². The molecule has 0 atom stereocenters. The molecule has 3 aromatic rings. The van der Waals surface area contributed by atoms with Crippen molar-refractivity contribution in [3.8, 4) is 5.75 Å². The normalized spacial score (nSPS) is 11.8. The number of hydrazone groups is 1. The minimum Gasteiger partial charge on any atom is -0.451 e. The summed E-state index contributed by atoms with van der Waals surface area (Å²) >= 11 is 0. The number of nitrogens with zero attached hydrogens (tertiary/aromatic N) is 1. The van der Waals surface area contributed by atoms with Gasteiger partial charge in [-0.1, -0.05) is 30.3 Å². The summed E-state index contributed by atoms with van der Waals surface area (Å²) in [6.45, 7) is 0.536. The highest BCUT2D eigenvalue weighted by Gasteiger charge is 2.17. The van der Waals surface area contributed by atoms with Gasteiger partial charge in [0.05, 0.1) is 5.71 Å². The van der Waals surface area contributed by atoms with E-state index in [2.05, 4.69) is 15.3 Å². The Morgan fingerprint density at radius 1 is 1.19 bits per heavy atom. The number of alkyl halides is 2. The summed E-state index contributed by atoms with van der Waals surface area (Å²) in [7, 11) is 0. The number of furan rings is 1. The molecule has 0 fully saturated rings. The molecule has 26 heavy (non-hydrogen) atoms. The van der Waals surface area contributed by atoms with Gasteiger partial charge in [-0.2, -0.15) is 13.9 Å². The van der Waals surface area contributed by atoms with Crippen molar-refractivity contribution in [1.29, 1.82) is 0 Å². The molecular formula is C19H16F2N2O3. The maximum Gasteiger partial charge on any atom is 0.387 e. The Morgan fingerprint density at radius 3 is 2.69 bits per heavy atom. The molecule has 0 aliphatic rings. The first kappa shape index (κ1) is 17.6. The lowest BCUT2D eigenvalue weighted by Crippen LogP contribution is -2.19. The van der Waals surface area contributed by atoms with Gasteiger partial charge >= 0.3 is 12.5 Å². The predicted octanol–water partition coefficient (Wildman–Crippen LogP) is 4.50. The number of benzene rings is 2. The number of para-hydroxylation sites is 1. The Labute approximate surface area is 148 Å². The Morgan fingerprint density at radius 2 is 1.96 bits per heavy atom. The largest absolute Gasteiger partial charge is 0.451 e. The molecule has 1 aromatic heterocycles. The van der Waals surface area contributed by atoms with Crippen LogP contribution < -0.4 is 10.2 Å². The van der Waals surface area contributed by atoms with Gasteiger partial charge in [-0.3, -0.25) is 4.79 Å². The molecule has 134 valence electrons. The summed E-state index contributed by atoms with van der Waals surface area (Å²) in [5, 5.41) is 4.87. The van der Waals surface area contributed by atoms with Crippen LogP contribution >= 0.6 is 0 Å². The van der Waals surface area contributed by atoms with Crippen LogP contribution in [0, 0.1) is 6.92 Å². The fourth-order valence-electron chi connectivity index (χ4n) is 2.54. The molecule has 5 nitrogen and oxygen atoms in total. The fraction of sp³-hybridized carbons (Fsp3) is 0.158. The van der Waals surface area contributed by atoms with Crippen molar-refractivity contribution in [2.24, 2.45) is 5.10 Å². The molecule has 0 radical (unpaired) electrons. The van der Waals surface area contributed by atoms with Gasteiger partial charge in [0, 0.05) is 16.5 Å². The van der Waals surface area contributed by atoms with E-state index in [1.54, 1.807) is 32.0 Å². The van der Waals surface area contributed by atoms with Crippen LogP contribution in [0.1, 0.15) is 28.6 Å². The summed E-state index contributed by atoms with van der Waals surface area (Å²) in [6, 6.07) is 13.4. The molecule has 0 saturated heterocycles. The number of hydrogen-bond donors (Lipinski definition) is 1. The third-order valence-electron chi connectivity index (χ3n) is 3.85. The number of halogens is 2. The van der Waals surface area contributed by atoms with Gasteiger partial charge in [0.25, 0.3) is 0 Å². The van der Waals surface area contributed by atoms with E-state index in [0.29, 0.717) is 16.9 Å². The molecule has 7 heteroatoms. The average Bonchev–Trinajstić information content (AvgIpc) is 2.96. The predicted molar refractivity (Wildman–Crippen MR) is 93.7 cm³/mol. The minimum absolute atomic E-state index is 0.0199. The number of nitrogens with one attached hydrogen (secondary N) is 1. The van der Waals surface area contributed by atoms with Crippen LogP contribution in [0.3, 0.4) is 0 Å². The number of rotatable bonds is 5. The highest BCUT2D eigenvalue weighted by molar-refractivity contribution is 6.02. The third-order valence-corrected chi connectivity index (χ3v) is 3.85. The zero-order valence-corrected chi connectivity index (χ0v) is 14.1. The van der Waals surface area contributed by atoms with E-state index in [-0.39, 0.29) is 11.5 Å². The molecule has 0 saturated carbocycles. The lowest BCUT2D eigenvalue weighted by molar-refractivity contribution is -0.0498. The Kier molecular flexibility index (Phi) is 4.97. The summed E-state index contributed by atoms with van der Waals surface area (Å²) in [4.78, 5) is 12.3. The molecule has 0 unspecified atom stereocenters. The second-order valence-corrected chi connectivity index (χ2v) is 5.60. The maximum atomic E-state index is 12.3. The van der Waals surface area contributed by atoms with Crippen LogP contribution in [0.25, 0.3) is 11.0 Å². The number of aryl methyl sites for hydroxylation is 1. The molecule has 0 spiro atoms. The first-order valence-electron chi connectivity index (χ1n) is 7.83. The van der Waals surface area contributed by atoms with Crippen LogP contribution in [0.4, 0.5) is 8.78 Å². The van der Waals surface area contributed by atoms with Gasteiger partial charge in [-0.25, -0.2) is 5.43 Å². The van der Waals surface area contributed by atoms with E-state index < -0.39 is 12.5 Å². The summed E-state index contributed by atoms with van der Waals surface area (Å²) in [5.74, 6) is -0.290. The molecule has 1 amide bonds. The highest BCUT2D eigenvalue weighted by Crippen LogP contribution is 2.24. The molecule has 1 N–H and O–H groups in total. The van der Waals surface area contributed by atoms with Crippen LogP contribution in [-0.4, -0.2) is 18.2 Å². The van der Waals surface area contributed by atoms with E-state index >= 15 is 0 Å². The standard InChI is InChI=1S/C19H16F2N2O3/c1-11-15-8-3-4-9-16(15)26-17(11)18(24)23-22-12(2)13-6-5-7-14(10-13)25-19(20)21/h3-10,19H,1-2H3,(H,23,24)/b22-12-. The monoisotopic (exact) mass is 358 g/mol. The quantitative estimate of drug-likeness (QED) is 0.540. The molecule has 0 aliphatic heterocycles. The first-order chi connectivity index (χ1) is 12.5. The number of ether oxygens (including phenoxy) is 1. The molecule has 1 heterocycles. The van der Waals surface area contributed by atoms with Crippen molar-refractivity contribution in [1.82, 2.24) is 5.43 Å². The SMILES string of the molecule is C/C(=N/NC(=O)c1oc2ccccc2c1C)c1cccc(OC(F)F)c1. The van der Waals surface area contributed by atoms with Gasteiger partial charge in [0.1, 0.15) is 11.3 Å². The number of hydrogen-bond acceptors (Lipinski definition) is 4. The van der Waals surface area contributed by atoms with E-state index in [9.17, 15) is 13.6 Å². The number of amides is 1. The third kappa shape index (κ3) is 3.72. The number of fused-ring (bicyclic) bond motifs is 1. The number of carbonyl (C=O) groups is 1. The Hall–Kier alpha value is -3.22. The smallest absolute Gasteiger partial charge is 0.387 e. The van der Waals surface area contributed by atoms with Crippen molar-refractivity contribution in [2.75, 3.05) is 0 Å². The fourth-order valence-corrected chi connectivity index (χ4v) is 2.54. The Balaban J connectivity index is 1.78. The van der Waals surface area contributed by atoms with E-state index in [1.807, 2.05) is 18.2 Å². The van der Waals surface area contributed by atoms with Crippen molar-refractivity contribution in [2.45, 2.75) is 20.5 Å². The highest BCUT2D eigenvalue weighted by atomic mass is 19.3. The van der Waals surface area contributed by atoms with Crippen molar-refractivity contribution >= 4 is 22.6 Å². The van der Waals surface area contributed by atoms with Crippen molar-refractivity contribution in [3.05, 3.63) is 65.4 Å². The van der Waals surface area contributed by atoms with Crippen LogP contribution in [0.15, 0.2) is 58.0 Å². The lowest BCUT2D eigenvalue weighted by atomic mass is 10.1. The molecule has 3 rings (SSSR count). The lowest BCUT2D eigenvalue weighted by Gasteiger charge is -2.07. The van der Waals surface area contributed by atoms with Crippen molar-refractivity contribution < 1.29 is 22.7 Å². The second-order valence-electron chi connectivity index (χ2n) is 5.60. The van der Waals surface area contributed by atoms with E-state index in [4.69, 9.17) is 4.42 Å². The molecular weight excluding hydrogens is 342 g/mol. The van der Waals surface area contributed by atoms with Gasteiger partial charge in [0.2, 0.25) is 0 Å². The van der Waals surface area contributed by atoms with Gasteiger partial charge in [-0.15, -0.1) is 0 Å². The van der Waals surface area contributed by atoms with E-state index in [1.165, 1.54) is 12.1 Å². The molecule has 2 aromatic carbocycles. The zero-order valence-electron chi connectivity index (χ0n) is 14.1. The van der Waals surface area contributed by atoms with Gasteiger partial charge in [-0.05, 0) is 32.0 Å². The zero-order chi connectivity index (χ0) is 18.7. The molecule has 0 aliphatic carbocycles. The Bertz CT molecular complexity index is 980. The van der Waals surface area contributed by atoms with Gasteiger partial charge in [0.15, 0.2) is 5.76 Å². The summed E-state index contributed by atoms with van der Waals surface area (Å²) in [5.41, 5.74) is 4.75. The summed E-state index contributed by atoms with van der Waals surface area (Å²) in [6.07, 6.45) is 0. The minimum atomic E-state index is -2.90. The van der Waals surface area contributed by atoms with Crippen LogP contribution in [0.5, 0.6) is 5.75 Å². The van der Waals surface area contributed by atoms with E-state index in [0.717, 1.165) is 10.9 Å². The summed E-state index contributed by atoms with van der Waals surface area (Å²) < 4.78 is 34.5. The first-order valence-corrected chi connectivity index (χ1v) is 7.83. The van der Waals surface area contributed by atoms with Crippen molar-refractivity contribution in [3.63, 3.8) is 0 Å².